The first kappa shape index (κ1) is 22.3. The van der Waals surface area contributed by atoms with Crippen LogP contribution in [0.4, 0.5) is 5.69 Å². The van der Waals surface area contributed by atoms with Crippen LogP contribution in [0, 0.1) is 0 Å². The minimum absolute atomic E-state index is 0.0365. The smallest absolute Gasteiger partial charge is 0.255 e. The zero-order valence-corrected chi connectivity index (χ0v) is 18.5. The van der Waals surface area contributed by atoms with Gasteiger partial charge in [-0.3, -0.25) is 4.79 Å². The number of carbonyl (C=O) groups excluding carboxylic acids is 1. The van der Waals surface area contributed by atoms with E-state index in [1.807, 2.05) is 24.3 Å². The molecule has 1 aliphatic heterocycles. The van der Waals surface area contributed by atoms with Crippen LogP contribution in [0.3, 0.4) is 0 Å². The Morgan fingerprint density at radius 2 is 1.77 bits per heavy atom. The molecule has 0 atom stereocenters. The number of unbranched alkanes of at least 4 members (excludes halogenated alkanes) is 1. The second-order valence-electron chi connectivity index (χ2n) is 7.58. The van der Waals surface area contributed by atoms with E-state index in [9.17, 15) is 13.2 Å². The van der Waals surface area contributed by atoms with Gasteiger partial charge in [-0.05, 0) is 61.6 Å². The molecule has 0 aliphatic carbocycles. The van der Waals surface area contributed by atoms with E-state index in [0.29, 0.717) is 18.8 Å². The van der Waals surface area contributed by atoms with E-state index in [2.05, 4.69) is 12.2 Å². The van der Waals surface area contributed by atoms with Gasteiger partial charge in [-0.15, -0.1) is 0 Å². The van der Waals surface area contributed by atoms with E-state index in [0.717, 1.165) is 38.5 Å². The molecule has 0 saturated carbocycles. The van der Waals surface area contributed by atoms with Crippen LogP contribution >= 0.6 is 0 Å². The number of nitrogens with one attached hydrogen (secondary N) is 1. The van der Waals surface area contributed by atoms with Crippen molar-refractivity contribution in [3.63, 3.8) is 0 Å². The van der Waals surface area contributed by atoms with Gasteiger partial charge in [0.2, 0.25) is 10.0 Å². The van der Waals surface area contributed by atoms with Crippen molar-refractivity contribution in [1.29, 1.82) is 0 Å². The average molecular weight is 431 g/mol. The molecule has 162 valence electrons. The molecule has 0 spiro atoms. The zero-order valence-electron chi connectivity index (χ0n) is 17.7. The van der Waals surface area contributed by atoms with Crippen molar-refractivity contribution in [2.45, 2.75) is 50.3 Å². The van der Waals surface area contributed by atoms with Gasteiger partial charge in [-0.1, -0.05) is 31.9 Å². The van der Waals surface area contributed by atoms with Crippen molar-refractivity contribution in [3.05, 3.63) is 53.6 Å². The van der Waals surface area contributed by atoms with Gasteiger partial charge in [0.15, 0.2) is 0 Å². The van der Waals surface area contributed by atoms with Gasteiger partial charge in [-0.25, -0.2) is 8.42 Å². The van der Waals surface area contributed by atoms with Gasteiger partial charge in [0.1, 0.15) is 10.6 Å². The Hall–Kier alpha value is -2.38. The molecule has 3 rings (SSSR count). The summed E-state index contributed by atoms with van der Waals surface area (Å²) < 4.78 is 33.0. The topological polar surface area (TPSA) is 75.7 Å². The van der Waals surface area contributed by atoms with Crippen LogP contribution in [0.25, 0.3) is 0 Å². The average Bonchev–Trinajstić information content (AvgIpc) is 2.78. The number of methoxy groups -OCH3 is 1. The lowest BCUT2D eigenvalue weighted by Gasteiger charge is -2.26. The number of ether oxygens (including phenoxy) is 1. The largest absolute Gasteiger partial charge is 0.495 e. The van der Waals surface area contributed by atoms with Crippen molar-refractivity contribution >= 4 is 21.6 Å². The summed E-state index contributed by atoms with van der Waals surface area (Å²) in [4.78, 5) is 12.8. The van der Waals surface area contributed by atoms with E-state index in [1.165, 1.54) is 23.0 Å². The standard InChI is InChI=1S/C23H30N2O4S/c1-3-4-8-18-9-12-20(13-10-18)24-23(26)19-11-14-21(29-2)22(17-19)30(27,28)25-15-6-5-7-16-25/h9-14,17H,3-8,15-16H2,1-2H3,(H,24,26). The molecule has 1 saturated heterocycles. The van der Waals surface area contributed by atoms with E-state index in [-0.39, 0.29) is 22.1 Å². The number of benzene rings is 2. The molecule has 1 fully saturated rings. The Morgan fingerprint density at radius 1 is 1.07 bits per heavy atom. The number of anilines is 1. The minimum Gasteiger partial charge on any atom is -0.495 e. The molecule has 0 radical (unpaired) electrons. The van der Waals surface area contributed by atoms with Crippen LogP contribution in [0.5, 0.6) is 5.75 Å². The van der Waals surface area contributed by atoms with Crippen molar-refractivity contribution in [1.82, 2.24) is 4.31 Å². The number of sulfonamides is 1. The highest BCUT2D eigenvalue weighted by molar-refractivity contribution is 7.89. The molecule has 0 bridgehead atoms. The summed E-state index contributed by atoms with van der Waals surface area (Å²) >= 11 is 0. The maximum Gasteiger partial charge on any atom is 0.255 e. The van der Waals surface area contributed by atoms with Crippen LogP contribution in [-0.4, -0.2) is 38.8 Å². The Bertz CT molecular complexity index is 965. The molecule has 2 aromatic carbocycles. The van der Waals surface area contributed by atoms with Crippen LogP contribution in [0.15, 0.2) is 47.4 Å². The maximum atomic E-state index is 13.1. The molecule has 1 aliphatic rings. The van der Waals surface area contributed by atoms with E-state index in [4.69, 9.17) is 4.74 Å². The highest BCUT2D eigenvalue weighted by Crippen LogP contribution is 2.30. The predicted octanol–water partition coefficient (Wildman–Crippen LogP) is 4.46. The van der Waals surface area contributed by atoms with Gasteiger partial charge in [0.25, 0.3) is 5.91 Å². The molecule has 1 N–H and O–H groups in total. The number of carbonyl (C=O) groups is 1. The zero-order chi connectivity index (χ0) is 21.6. The number of rotatable bonds is 8. The predicted molar refractivity (Wildman–Crippen MR) is 119 cm³/mol. The summed E-state index contributed by atoms with van der Waals surface area (Å²) in [6.45, 7) is 3.14. The van der Waals surface area contributed by atoms with E-state index in [1.54, 1.807) is 12.1 Å². The molecule has 2 aromatic rings. The second-order valence-corrected chi connectivity index (χ2v) is 9.49. The SMILES string of the molecule is CCCCc1ccc(NC(=O)c2ccc(OC)c(S(=O)(=O)N3CCCCC3)c2)cc1. The quantitative estimate of drug-likeness (QED) is 0.671. The monoisotopic (exact) mass is 430 g/mol. The summed E-state index contributed by atoms with van der Waals surface area (Å²) in [7, 11) is -2.28. The molecular weight excluding hydrogens is 400 g/mol. The molecule has 0 unspecified atom stereocenters. The first-order valence-electron chi connectivity index (χ1n) is 10.5. The highest BCUT2D eigenvalue weighted by atomic mass is 32.2. The Balaban J connectivity index is 1.80. The molecule has 30 heavy (non-hydrogen) atoms. The number of nitrogens with zero attached hydrogens (tertiary/aromatic N) is 1. The fourth-order valence-electron chi connectivity index (χ4n) is 3.60. The third-order valence-corrected chi connectivity index (χ3v) is 7.31. The highest BCUT2D eigenvalue weighted by Gasteiger charge is 2.29. The lowest BCUT2D eigenvalue weighted by molar-refractivity contribution is 0.102. The first-order valence-corrected chi connectivity index (χ1v) is 12.0. The van der Waals surface area contributed by atoms with E-state index >= 15 is 0 Å². The van der Waals surface area contributed by atoms with Gasteiger partial charge < -0.3 is 10.1 Å². The summed E-state index contributed by atoms with van der Waals surface area (Å²) in [5.41, 5.74) is 2.19. The molecule has 6 nitrogen and oxygen atoms in total. The Kier molecular flexibility index (Phi) is 7.50. The number of amides is 1. The summed E-state index contributed by atoms with van der Waals surface area (Å²) in [5, 5.41) is 2.85. The Morgan fingerprint density at radius 3 is 2.40 bits per heavy atom. The number of piperidine rings is 1. The number of hydrogen-bond donors (Lipinski definition) is 1. The van der Waals surface area contributed by atoms with Crippen LogP contribution in [-0.2, 0) is 16.4 Å². The summed E-state index contributed by atoms with van der Waals surface area (Å²) in [6.07, 6.45) is 6.00. The number of hydrogen-bond acceptors (Lipinski definition) is 4. The normalized spacial score (nSPS) is 15.0. The fraction of sp³-hybridized carbons (Fsp3) is 0.435. The van der Waals surface area contributed by atoms with Crippen LogP contribution in [0.2, 0.25) is 0 Å². The van der Waals surface area contributed by atoms with Crippen molar-refractivity contribution in [3.8, 4) is 5.75 Å². The molecule has 0 aromatic heterocycles. The van der Waals surface area contributed by atoms with Crippen molar-refractivity contribution in [2.75, 3.05) is 25.5 Å². The molecular formula is C23H30N2O4S. The summed E-state index contributed by atoms with van der Waals surface area (Å²) in [6, 6.07) is 12.3. The van der Waals surface area contributed by atoms with E-state index < -0.39 is 10.0 Å². The lowest BCUT2D eigenvalue weighted by Crippen LogP contribution is -2.35. The number of aryl methyl sites for hydroxylation is 1. The second kappa shape index (κ2) is 10.1. The lowest BCUT2D eigenvalue weighted by atomic mass is 10.1. The molecule has 1 heterocycles. The van der Waals surface area contributed by atoms with Crippen LogP contribution < -0.4 is 10.1 Å². The van der Waals surface area contributed by atoms with Gasteiger partial charge in [0.05, 0.1) is 7.11 Å². The fourth-order valence-corrected chi connectivity index (χ4v) is 5.30. The molecule has 1 amide bonds. The van der Waals surface area contributed by atoms with Crippen molar-refractivity contribution in [2.24, 2.45) is 0 Å². The van der Waals surface area contributed by atoms with Gasteiger partial charge in [0, 0.05) is 24.3 Å². The van der Waals surface area contributed by atoms with Crippen molar-refractivity contribution < 1.29 is 17.9 Å². The molecule has 7 heteroatoms. The maximum absolute atomic E-state index is 13.1. The van der Waals surface area contributed by atoms with Gasteiger partial charge >= 0.3 is 0 Å². The third-order valence-electron chi connectivity index (χ3n) is 5.39. The first-order chi connectivity index (χ1) is 14.5. The van der Waals surface area contributed by atoms with Crippen LogP contribution in [0.1, 0.15) is 54.9 Å². The third kappa shape index (κ3) is 5.21. The van der Waals surface area contributed by atoms with Gasteiger partial charge in [-0.2, -0.15) is 4.31 Å². The summed E-state index contributed by atoms with van der Waals surface area (Å²) in [5.74, 6) is -0.105. The Labute approximate surface area is 179 Å². The minimum atomic E-state index is -3.72.